The molecule has 0 bridgehead atoms. The fraction of sp³-hybridized carbons (Fsp3) is 0.867. The standard InChI is InChI=1S/C15H27N3O2S/c1-21-15(14(16)17-20)7-9-18(10-8-15)13(19)11-12-5-3-2-4-6-12/h12,20H,2-11H2,1H3,(H2,16,17). The third kappa shape index (κ3) is 3.84. The number of hydrogen-bond acceptors (Lipinski definition) is 4. The highest BCUT2D eigenvalue weighted by atomic mass is 32.2. The molecule has 1 heterocycles. The molecule has 1 saturated carbocycles. The topological polar surface area (TPSA) is 78.9 Å². The van der Waals surface area contributed by atoms with Gasteiger partial charge in [0.1, 0.15) is 0 Å². The average Bonchev–Trinajstić information content (AvgIpc) is 2.55. The SMILES string of the molecule is CSC1(C(N)=NO)CCN(C(=O)CC2CCCCC2)CC1. The van der Waals surface area contributed by atoms with Gasteiger partial charge in [0.05, 0.1) is 4.75 Å². The molecular weight excluding hydrogens is 286 g/mol. The van der Waals surface area contributed by atoms with Gasteiger partial charge in [-0.1, -0.05) is 24.4 Å². The minimum atomic E-state index is -0.309. The Morgan fingerprint density at radius 2 is 1.95 bits per heavy atom. The Hall–Kier alpha value is -0.910. The van der Waals surface area contributed by atoms with Gasteiger partial charge in [-0.2, -0.15) is 11.8 Å². The molecule has 1 aliphatic carbocycles. The number of rotatable bonds is 4. The molecule has 2 aliphatic rings. The largest absolute Gasteiger partial charge is 0.409 e. The normalized spacial score (nSPS) is 24.0. The molecule has 120 valence electrons. The van der Waals surface area contributed by atoms with Crippen LogP contribution >= 0.6 is 11.8 Å². The first-order chi connectivity index (χ1) is 10.1. The summed E-state index contributed by atoms with van der Waals surface area (Å²) in [5.74, 6) is 1.16. The molecular formula is C15H27N3O2S. The van der Waals surface area contributed by atoms with Crippen molar-refractivity contribution < 1.29 is 10.0 Å². The van der Waals surface area contributed by atoms with E-state index in [2.05, 4.69) is 5.16 Å². The van der Waals surface area contributed by atoms with Gasteiger partial charge in [0.15, 0.2) is 5.84 Å². The van der Waals surface area contributed by atoms with Crippen LogP contribution in [-0.4, -0.2) is 45.9 Å². The van der Waals surface area contributed by atoms with Crippen LogP contribution in [0.2, 0.25) is 0 Å². The number of oxime groups is 1. The molecule has 3 N–H and O–H groups in total. The molecule has 0 atom stereocenters. The monoisotopic (exact) mass is 313 g/mol. The zero-order valence-corrected chi connectivity index (χ0v) is 13.7. The molecule has 1 saturated heterocycles. The molecule has 1 aliphatic heterocycles. The van der Waals surface area contributed by atoms with E-state index in [4.69, 9.17) is 10.9 Å². The smallest absolute Gasteiger partial charge is 0.222 e. The number of piperidine rings is 1. The van der Waals surface area contributed by atoms with Crippen LogP contribution in [0.3, 0.4) is 0 Å². The van der Waals surface area contributed by atoms with E-state index in [-0.39, 0.29) is 16.5 Å². The highest BCUT2D eigenvalue weighted by molar-refractivity contribution is 8.00. The van der Waals surface area contributed by atoms with E-state index in [1.165, 1.54) is 32.1 Å². The molecule has 21 heavy (non-hydrogen) atoms. The maximum absolute atomic E-state index is 12.4. The highest BCUT2D eigenvalue weighted by Crippen LogP contribution is 2.35. The summed E-state index contributed by atoms with van der Waals surface area (Å²) in [6.45, 7) is 1.42. The zero-order valence-electron chi connectivity index (χ0n) is 12.9. The number of thioether (sulfide) groups is 1. The van der Waals surface area contributed by atoms with Crippen molar-refractivity contribution in [1.82, 2.24) is 4.90 Å². The highest BCUT2D eigenvalue weighted by Gasteiger charge is 2.39. The maximum Gasteiger partial charge on any atom is 0.222 e. The predicted octanol–water partition coefficient (Wildman–Crippen LogP) is 2.43. The van der Waals surface area contributed by atoms with E-state index in [1.807, 2.05) is 11.2 Å². The van der Waals surface area contributed by atoms with Crippen molar-refractivity contribution in [2.24, 2.45) is 16.8 Å². The molecule has 2 fully saturated rings. The Kier molecular flexibility index (Phi) is 5.79. The lowest BCUT2D eigenvalue weighted by atomic mass is 9.86. The zero-order chi connectivity index (χ0) is 15.3. The summed E-state index contributed by atoms with van der Waals surface area (Å²) in [4.78, 5) is 14.4. The van der Waals surface area contributed by atoms with Crippen LogP contribution in [0.4, 0.5) is 0 Å². The van der Waals surface area contributed by atoms with Gasteiger partial charge in [0, 0.05) is 19.5 Å². The van der Waals surface area contributed by atoms with Crippen LogP contribution < -0.4 is 5.73 Å². The van der Waals surface area contributed by atoms with E-state index in [1.54, 1.807) is 11.8 Å². The number of nitrogens with two attached hydrogens (primary N) is 1. The number of carbonyl (C=O) groups excluding carboxylic acids is 1. The van der Waals surface area contributed by atoms with Crippen LogP contribution in [0.15, 0.2) is 5.16 Å². The van der Waals surface area contributed by atoms with Gasteiger partial charge in [0.2, 0.25) is 5.91 Å². The molecule has 1 amide bonds. The summed E-state index contributed by atoms with van der Waals surface area (Å²) >= 11 is 1.62. The summed E-state index contributed by atoms with van der Waals surface area (Å²) < 4.78 is -0.309. The van der Waals surface area contributed by atoms with Crippen LogP contribution in [0.25, 0.3) is 0 Å². The minimum Gasteiger partial charge on any atom is -0.409 e. The van der Waals surface area contributed by atoms with Crippen LogP contribution in [0.1, 0.15) is 51.4 Å². The first-order valence-corrected chi connectivity index (χ1v) is 9.14. The number of amides is 1. The second-order valence-electron chi connectivity index (χ2n) is 6.27. The molecule has 0 spiro atoms. The van der Waals surface area contributed by atoms with Crippen LogP contribution in [0.5, 0.6) is 0 Å². The fourth-order valence-corrected chi connectivity index (χ4v) is 4.38. The molecule has 0 aromatic carbocycles. The summed E-state index contributed by atoms with van der Waals surface area (Å²) in [5.41, 5.74) is 5.84. The van der Waals surface area contributed by atoms with Gasteiger partial charge in [-0.25, -0.2) is 0 Å². The lowest BCUT2D eigenvalue weighted by Gasteiger charge is -2.40. The van der Waals surface area contributed by atoms with E-state index >= 15 is 0 Å². The van der Waals surface area contributed by atoms with Crippen molar-refractivity contribution in [3.63, 3.8) is 0 Å². The van der Waals surface area contributed by atoms with Gasteiger partial charge in [-0.05, 0) is 37.9 Å². The van der Waals surface area contributed by atoms with E-state index < -0.39 is 0 Å². The molecule has 0 aromatic heterocycles. The Morgan fingerprint density at radius 1 is 1.33 bits per heavy atom. The first-order valence-electron chi connectivity index (χ1n) is 7.92. The minimum absolute atomic E-state index is 0.286. The molecule has 0 radical (unpaired) electrons. The maximum atomic E-state index is 12.4. The molecule has 0 aromatic rings. The van der Waals surface area contributed by atoms with Gasteiger partial charge in [-0.15, -0.1) is 0 Å². The van der Waals surface area contributed by atoms with Crippen LogP contribution in [-0.2, 0) is 4.79 Å². The van der Waals surface area contributed by atoms with Crippen molar-refractivity contribution in [1.29, 1.82) is 0 Å². The van der Waals surface area contributed by atoms with Gasteiger partial charge in [-0.3, -0.25) is 4.79 Å². The predicted molar refractivity (Wildman–Crippen MR) is 86.7 cm³/mol. The Labute approximate surface area is 131 Å². The Balaban J connectivity index is 1.86. The van der Waals surface area contributed by atoms with Gasteiger partial charge in [0.25, 0.3) is 0 Å². The van der Waals surface area contributed by atoms with Crippen molar-refractivity contribution in [3.8, 4) is 0 Å². The fourth-order valence-electron chi connectivity index (χ4n) is 3.54. The molecule has 0 unspecified atom stereocenters. The van der Waals surface area contributed by atoms with Crippen molar-refractivity contribution in [2.75, 3.05) is 19.3 Å². The number of hydrogen-bond donors (Lipinski definition) is 2. The van der Waals surface area contributed by atoms with Crippen LogP contribution in [0, 0.1) is 5.92 Å². The summed E-state index contributed by atoms with van der Waals surface area (Å²) in [7, 11) is 0. The van der Waals surface area contributed by atoms with E-state index in [9.17, 15) is 4.79 Å². The molecule has 5 nitrogen and oxygen atoms in total. The van der Waals surface area contributed by atoms with Crippen molar-refractivity contribution in [2.45, 2.75) is 56.1 Å². The van der Waals surface area contributed by atoms with Gasteiger partial charge >= 0.3 is 0 Å². The second-order valence-corrected chi connectivity index (χ2v) is 7.46. The van der Waals surface area contributed by atoms with E-state index in [0.717, 1.165) is 12.8 Å². The Morgan fingerprint density at radius 3 is 2.48 bits per heavy atom. The summed E-state index contributed by atoms with van der Waals surface area (Å²) in [6, 6.07) is 0. The number of nitrogens with zero attached hydrogens (tertiary/aromatic N) is 2. The van der Waals surface area contributed by atoms with Gasteiger partial charge < -0.3 is 15.8 Å². The molecule has 2 rings (SSSR count). The summed E-state index contributed by atoms with van der Waals surface area (Å²) in [6.07, 6.45) is 10.5. The lowest BCUT2D eigenvalue weighted by Crippen LogP contribution is -2.51. The average molecular weight is 313 g/mol. The Bertz CT molecular complexity index is 386. The first kappa shape index (κ1) is 16.5. The number of likely N-dealkylation sites (tertiary alicyclic amines) is 1. The number of carbonyl (C=O) groups is 1. The number of amidine groups is 1. The lowest BCUT2D eigenvalue weighted by molar-refractivity contribution is -0.133. The molecule has 6 heteroatoms. The van der Waals surface area contributed by atoms with Crippen molar-refractivity contribution >= 4 is 23.5 Å². The third-order valence-electron chi connectivity index (χ3n) is 5.08. The van der Waals surface area contributed by atoms with E-state index in [0.29, 0.717) is 25.4 Å². The second kappa shape index (κ2) is 7.38. The summed E-state index contributed by atoms with van der Waals surface area (Å²) in [5, 5.41) is 12.1. The van der Waals surface area contributed by atoms with Crippen molar-refractivity contribution in [3.05, 3.63) is 0 Å². The quantitative estimate of drug-likeness (QED) is 0.361. The third-order valence-corrected chi connectivity index (χ3v) is 6.48.